The van der Waals surface area contributed by atoms with Gasteiger partial charge in [-0.25, -0.2) is 0 Å². The monoisotopic (exact) mass is 425 g/mol. The van der Waals surface area contributed by atoms with Crippen LogP contribution >= 0.6 is 0 Å². The summed E-state index contributed by atoms with van der Waals surface area (Å²) in [6.45, 7) is 2.91. The van der Waals surface area contributed by atoms with Gasteiger partial charge in [0.2, 0.25) is 0 Å². The molecule has 0 heterocycles. The van der Waals surface area contributed by atoms with Crippen LogP contribution < -0.4 is 26.1 Å². The van der Waals surface area contributed by atoms with Crippen LogP contribution in [0.3, 0.4) is 0 Å². The number of unbranched alkanes of at least 4 members (excludes halogenated alkanes) is 5. The first kappa shape index (κ1) is 18.3. The van der Waals surface area contributed by atoms with Crippen molar-refractivity contribution >= 4 is 0 Å². The zero-order chi connectivity index (χ0) is 16.2. The van der Waals surface area contributed by atoms with Crippen LogP contribution in [0.5, 0.6) is 5.75 Å². The molecule has 0 N–H and O–H groups in total. The van der Waals surface area contributed by atoms with E-state index in [1.807, 2.05) is 12.1 Å². The number of benzene rings is 2. The second-order valence-corrected chi connectivity index (χ2v) is 8.55. The summed E-state index contributed by atoms with van der Waals surface area (Å²) in [6, 6.07) is 18.9. The van der Waals surface area contributed by atoms with Gasteiger partial charge in [-0.2, -0.15) is 0 Å². The van der Waals surface area contributed by atoms with Crippen molar-refractivity contribution in [3.8, 4) is 5.75 Å². The van der Waals surface area contributed by atoms with Gasteiger partial charge in [-0.1, -0.05) is 13.3 Å². The molecule has 2 rings (SSSR count). The second kappa shape index (κ2) is 11.5. The van der Waals surface area contributed by atoms with E-state index in [-0.39, 0.29) is 21.2 Å². The maximum absolute atomic E-state index is 5.35. The minimum atomic E-state index is -0.108. The van der Waals surface area contributed by atoms with Crippen molar-refractivity contribution in [1.82, 2.24) is 0 Å². The number of rotatable bonds is 11. The Morgan fingerprint density at radius 1 is 0.739 bits per heavy atom. The molecule has 3 heteroatoms. The molecule has 0 saturated heterocycles. The molecule has 2 aromatic carbocycles. The molecule has 0 spiro atoms. The van der Waals surface area contributed by atoms with Crippen LogP contribution in [-0.2, 0) is 4.89 Å². The molecule has 0 aromatic heterocycles. The Hall–Kier alpha value is -1.07. The predicted octanol–water partition coefficient (Wildman–Crippen LogP) is 2.49. The van der Waals surface area contributed by atoms with Crippen LogP contribution in [0.4, 0.5) is 0 Å². The molecule has 0 aliphatic carbocycles. The van der Waals surface area contributed by atoms with Crippen molar-refractivity contribution in [2.45, 2.75) is 45.4 Å². The average Bonchev–Trinajstić information content (AvgIpc) is 2.60. The van der Waals surface area contributed by atoms with Gasteiger partial charge in [0.1, 0.15) is 0 Å². The molecule has 0 unspecified atom stereocenters. The quantitative estimate of drug-likeness (QED) is 0.239. The molecule has 126 valence electrons. The summed E-state index contributed by atoms with van der Waals surface area (Å²) < 4.78 is 2.82. The van der Waals surface area contributed by atoms with Gasteiger partial charge >= 0.3 is 137 Å². The Balaban J connectivity index is 1.61. The molecule has 0 radical (unpaired) electrons. The van der Waals surface area contributed by atoms with Crippen molar-refractivity contribution in [2.24, 2.45) is 0 Å². The first-order valence-electron chi connectivity index (χ1n) is 8.48. The summed E-state index contributed by atoms with van der Waals surface area (Å²) in [5, 5.41) is 0. The summed E-state index contributed by atoms with van der Waals surface area (Å²) in [5.41, 5.74) is 0. The zero-order valence-electron chi connectivity index (χ0n) is 13.8. The van der Waals surface area contributed by atoms with E-state index in [0.29, 0.717) is 6.61 Å². The fraction of sp³-hybridized carbons (Fsp3) is 0.400. The summed E-state index contributed by atoms with van der Waals surface area (Å²) in [7, 11) is 0. The van der Waals surface area contributed by atoms with Crippen LogP contribution in [0.1, 0.15) is 45.4 Å². The van der Waals surface area contributed by atoms with Gasteiger partial charge in [0.15, 0.2) is 0 Å². The van der Waals surface area contributed by atoms with Crippen LogP contribution in [-0.4, -0.2) is 6.61 Å². The second-order valence-electron chi connectivity index (χ2n) is 5.52. The molecule has 2 nitrogen and oxygen atoms in total. The van der Waals surface area contributed by atoms with E-state index in [0.717, 1.165) is 12.2 Å². The summed E-state index contributed by atoms with van der Waals surface area (Å²) in [5.74, 6) is 0.789. The van der Waals surface area contributed by atoms with Crippen molar-refractivity contribution in [2.75, 3.05) is 6.61 Å². The number of halogens is 1. The third kappa shape index (κ3) is 7.84. The van der Waals surface area contributed by atoms with Crippen molar-refractivity contribution < 1.29 is 31.0 Å². The zero-order valence-corrected chi connectivity index (χ0v) is 16.0. The molecule has 23 heavy (non-hydrogen) atoms. The van der Waals surface area contributed by atoms with Crippen molar-refractivity contribution in [3.63, 3.8) is 0 Å². The van der Waals surface area contributed by atoms with E-state index in [1.54, 1.807) is 0 Å². The van der Waals surface area contributed by atoms with Crippen molar-refractivity contribution in [1.29, 1.82) is 0 Å². The maximum atomic E-state index is 5.35. The summed E-state index contributed by atoms with van der Waals surface area (Å²) in [4.78, 5) is 10.6. The standard InChI is InChI=1S/C20H26IO2/c1-2-3-4-5-6-10-17-22-23-20-15-13-19(14-16-20)21-18-11-8-7-9-12-18/h7-9,11-16H,2-6,10,17H2,1H3/q-1. The first-order valence-corrected chi connectivity index (χ1v) is 10.6. The Morgan fingerprint density at radius 3 is 2.13 bits per heavy atom. The average molecular weight is 425 g/mol. The van der Waals surface area contributed by atoms with Gasteiger partial charge < -0.3 is 0 Å². The number of hydrogen-bond donors (Lipinski definition) is 0. The van der Waals surface area contributed by atoms with E-state index < -0.39 is 0 Å². The fourth-order valence-corrected chi connectivity index (χ4v) is 4.42. The van der Waals surface area contributed by atoms with Gasteiger partial charge in [0.25, 0.3) is 0 Å². The van der Waals surface area contributed by atoms with E-state index in [1.165, 1.54) is 39.2 Å². The summed E-state index contributed by atoms with van der Waals surface area (Å²) >= 11 is -0.108. The number of hydrogen-bond acceptors (Lipinski definition) is 2. The van der Waals surface area contributed by atoms with Crippen LogP contribution in [0, 0.1) is 7.14 Å². The molecule has 0 fully saturated rings. The Kier molecular flexibility index (Phi) is 9.11. The Bertz CT molecular complexity index is 525. The van der Waals surface area contributed by atoms with E-state index >= 15 is 0 Å². The predicted molar refractivity (Wildman–Crippen MR) is 90.2 cm³/mol. The van der Waals surface area contributed by atoms with Gasteiger partial charge in [-0.05, 0) is 0 Å². The van der Waals surface area contributed by atoms with E-state index in [2.05, 4.69) is 49.4 Å². The molecule has 0 saturated carbocycles. The van der Waals surface area contributed by atoms with Gasteiger partial charge in [-0.3, -0.25) is 0 Å². The molecule has 0 aliphatic rings. The topological polar surface area (TPSA) is 18.5 Å². The Labute approximate surface area is 150 Å². The Morgan fingerprint density at radius 2 is 1.39 bits per heavy atom. The summed E-state index contributed by atoms with van der Waals surface area (Å²) in [6.07, 6.45) is 7.57. The molecule has 0 aliphatic heterocycles. The van der Waals surface area contributed by atoms with Crippen LogP contribution in [0.15, 0.2) is 54.6 Å². The van der Waals surface area contributed by atoms with Gasteiger partial charge in [-0.15, -0.1) is 0 Å². The third-order valence-electron chi connectivity index (χ3n) is 3.50. The third-order valence-corrected chi connectivity index (χ3v) is 6.19. The van der Waals surface area contributed by atoms with Gasteiger partial charge in [0, 0.05) is 0 Å². The van der Waals surface area contributed by atoms with E-state index in [9.17, 15) is 0 Å². The molecule has 0 atom stereocenters. The van der Waals surface area contributed by atoms with Crippen LogP contribution in [0.25, 0.3) is 0 Å². The SMILES string of the molecule is CCCCCCCCOOc1ccc([I-]c2ccccc2)cc1. The van der Waals surface area contributed by atoms with Crippen LogP contribution in [0.2, 0.25) is 0 Å². The molecular formula is C20H26IO2-. The normalized spacial score (nSPS) is 10.8. The minimum absolute atomic E-state index is 0.108. The van der Waals surface area contributed by atoms with Crippen molar-refractivity contribution in [3.05, 3.63) is 61.7 Å². The molecule has 0 bridgehead atoms. The van der Waals surface area contributed by atoms with Gasteiger partial charge in [0.05, 0.1) is 0 Å². The molecular weight excluding hydrogens is 399 g/mol. The van der Waals surface area contributed by atoms with E-state index in [4.69, 9.17) is 9.78 Å². The molecule has 0 amide bonds. The first-order chi connectivity index (χ1) is 11.4. The molecule has 2 aromatic rings. The fourth-order valence-electron chi connectivity index (χ4n) is 2.21.